The van der Waals surface area contributed by atoms with E-state index in [0.29, 0.717) is 23.6 Å². The van der Waals surface area contributed by atoms with Crippen LogP contribution < -0.4 is 0 Å². The predicted molar refractivity (Wildman–Crippen MR) is 65.1 cm³/mol. The molecule has 0 unspecified atom stereocenters. The van der Waals surface area contributed by atoms with E-state index in [1.54, 1.807) is 18.3 Å². The van der Waals surface area contributed by atoms with E-state index in [0.717, 1.165) is 5.82 Å². The molecule has 0 aliphatic heterocycles. The molecular formula is C12H12ClN3O. The third-order valence-electron chi connectivity index (χ3n) is 2.55. The SMILES string of the molecule is Cn1ccnc1CCC(=O)c1ccc(Cl)nc1. The molecule has 0 saturated carbocycles. The standard InChI is InChI=1S/C12H12ClN3O/c1-16-7-6-14-12(16)5-3-10(17)9-2-4-11(13)15-8-9/h2,4,6-8H,3,5H2,1H3. The lowest BCUT2D eigenvalue weighted by molar-refractivity contribution is 0.0981. The third-order valence-corrected chi connectivity index (χ3v) is 2.77. The summed E-state index contributed by atoms with van der Waals surface area (Å²) in [6.07, 6.45) is 6.15. The van der Waals surface area contributed by atoms with Gasteiger partial charge in [0, 0.05) is 44.0 Å². The van der Waals surface area contributed by atoms with Crippen LogP contribution in [0.1, 0.15) is 22.6 Å². The summed E-state index contributed by atoms with van der Waals surface area (Å²) in [6.45, 7) is 0. The van der Waals surface area contributed by atoms with Crippen LogP contribution in [0.25, 0.3) is 0 Å². The molecule has 2 rings (SSSR count). The molecule has 0 radical (unpaired) electrons. The Bertz CT molecular complexity index is 519. The first-order valence-electron chi connectivity index (χ1n) is 5.28. The molecular weight excluding hydrogens is 238 g/mol. The quantitative estimate of drug-likeness (QED) is 0.617. The Morgan fingerprint density at radius 1 is 1.41 bits per heavy atom. The van der Waals surface area contributed by atoms with E-state index in [1.165, 1.54) is 6.20 Å². The van der Waals surface area contributed by atoms with Crippen molar-refractivity contribution in [3.05, 3.63) is 47.3 Å². The van der Waals surface area contributed by atoms with Gasteiger partial charge in [-0.2, -0.15) is 0 Å². The Kier molecular flexibility index (Phi) is 3.54. The van der Waals surface area contributed by atoms with Gasteiger partial charge in [0.05, 0.1) is 0 Å². The molecule has 2 aromatic rings. The molecule has 0 aliphatic rings. The molecule has 5 heteroatoms. The summed E-state index contributed by atoms with van der Waals surface area (Å²) in [6, 6.07) is 3.31. The highest BCUT2D eigenvalue weighted by atomic mass is 35.5. The fraction of sp³-hybridized carbons (Fsp3) is 0.250. The minimum absolute atomic E-state index is 0.0529. The molecule has 4 nitrogen and oxygen atoms in total. The van der Waals surface area contributed by atoms with Crippen molar-refractivity contribution < 1.29 is 4.79 Å². The van der Waals surface area contributed by atoms with Crippen molar-refractivity contribution in [2.24, 2.45) is 7.05 Å². The molecule has 2 heterocycles. The molecule has 88 valence electrons. The maximum atomic E-state index is 11.8. The Morgan fingerprint density at radius 2 is 2.24 bits per heavy atom. The van der Waals surface area contributed by atoms with E-state index >= 15 is 0 Å². The summed E-state index contributed by atoms with van der Waals surface area (Å²) >= 11 is 5.66. The van der Waals surface area contributed by atoms with Crippen molar-refractivity contribution in [3.63, 3.8) is 0 Å². The number of pyridine rings is 1. The van der Waals surface area contributed by atoms with Gasteiger partial charge in [0.15, 0.2) is 5.78 Å². The number of nitrogens with zero attached hydrogens (tertiary/aromatic N) is 3. The number of ketones is 1. The summed E-state index contributed by atoms with van der Waals surface area (Å²) in [4.78, 5) is 19.9. The second kappa shape index (κ2) is 5.10. The largest absolute Gasteiger partial charge is 0.338 e. The van der Waals surface area contributed by atoms with Crippen molar-refractivity contribution >= 4 is 17.4 Å². The van der Waals surface area contributed by atoms with Crippen LogP contribution in [0.15, 0.2) is 30.7 Å². The molecule has 0 bridgehead atoms. The molecule has 0 atom stereocenters. The Labute approximate surface area is 104 Å². The van der Waals surface area contributed by atoms with Gasteiger partial charge in [0.25, 0.3) is 0 Å². The van der Waals surface area contributed by atoms with Gasteiger partial charge in [0.1, 0.15) is 11.0 Å². The summed E-state index contributed by atoms with van der Waals surface area (Å²) in [5, 5.41) is 0.394. The normalized spacial score (nSPS) is 10.5. The van der Waals surface area contributed by atoms with Crippen molar-refractivity contribution in [1.29, 1.82) is 0 Å². The first kappa shape index (κ1) is 11.8. The highest BCUT2D eigenvalue weighted by Crippen LogP contribution is 2.09. The smallest absolute Gasteiger partial charge is 0.164 e. The van der Waals surface area contributed by atoms with Crippen molar-refractivity contribution in [1.82, 2.24) is 14.5 Å². The van der Waals surface area contributed by atoms with Crippen LogP contribution in [0.3, 0.4) is 0 Å². The average Bonchev–Trinajstić information content (AvgIpc) is 2.73. The van der Waals surface area contributed by atoms with E-state index in [-0.39, 0.29) is 5.78 Å². The minimum Gasteiger partial charge on any atom is -0.338 e. The number of Topliss-reactive ketones (excluding diaryl/α,β-unsaturated/α-hetero) is 1. The zero-order valence-electron chi connectivity index (χ0n) is 9.43. The first-order chi connectivity index (χ1) is 8.16. The van der Waals surface area contributed by atoms with Crippen LogP contribution in [0.5, 0.6) is 0 Å². The monoisotopic (exact) mass is 249 g/mol. The Balaban J connectivity index is 1.98. The van der Waals surface area contributed by atoms with Gasteiger partial charge in [0.2, 0.25) is 0 Å². The van der Waals surface area contributed by atoms with E-state index in [2.05, 4.69) is 9.97 Å². The van der Waals surface area contributed by atoms with E-state index in [1.807, 2.05) is 17.8 Å². The van der Waals surface area contributed by atoms with E-state index in [9.17, 15) is 4.79 Å². The summed E-state index contributed by atoms with van der Waals surface area (Å²) in [5.74, 6) is 0.956. The van der Waals surface area contributed by atoms with Gasteiger partial charge in [-0.05, 0) is 12.1 Å². The lowest BCUT2D eigenvalue weighted by Crippen LogP contribution is -2.05. The molecule has 0 amide bonds. The van der Waals surface area contributed by atoms with Gasteiger partial charge < -0.3 is 4.57 Å². The average molecular weight is 250 g/mol. The van der Waals surface area contributed by atoms with Gasteiger partial charge in [-0.3, -0.25) is 4.79 Å². The molecule has 17 heavy (non-hydrogen) atoms. The molecule has 0 N–H and O–H groups in total. The van der Waals surface area contributed by atoms with Crippen LogP contribution in [-0.4, -0.2) is 20.3 Å². The number of halogens is 1. The van der Waals surface area contributed by atoms with E-state index < -0.39 is 0 Å². The minimum atomic E-state index is 0.0529. The number of hydrogen-bond donors (Lipinski definition) is 0. The number of rotatable bonds is 4. The van der Waals surface area contributed by atoms with Crippen molar-refractivity contribution in [3.8, 4) is 0 Å². The molecule has 0 spiro atoms. The van der Waals surface area contributed by atoms with Gasteiger partial charge in [-0.15, -0.1) is 0 Å². The lowest BCUT2D eigenvalue weighted by atomic mass is 10.1. The first-order valence-corrected chi connectivity index (χ1v) is 5.65. The third kappa shape index (κ3) is 2.91. The zero-order valence-corrected chi connectivity index (χ0v) is 10.2. The topological polar surface area (TPSA) is 47.8 Å². The van der Waals surface area contributed by atoms with Crippen LogP contribution in [-0.2, 0) is 13.5 Å². The Morgan fingerprint density at radius 3 is 2.82 bits per heavy atom. The van der Waals surface area contributed by atoms with Crippen LogP contribution in [0.4, 0.5) is 0 Å². The molecule has 0 saturated heterocycles. The number of imidazole rings is 1. The highest BCUT2D eigenvalue weighted by Gasteiger charge is 2.08. The van der Waals surface area contributed by atoms with Crippen LogP contribution >= 0.6 is 11.6 Å². The highest BCUT2D eigenvalue weighted by molar-refractivity contribution is 6.29. The van der Waals surface area contributed by atoms with Crippen molar-refractivity contribution in [2.75, 3.05) is 0 Å². The Hall–Kier alpha value is -1.68. The number of carbonyl (C=O) groups is 1. The number of aryl methyl sites for hydroxylation is 2. The van der Waals surface area contributed by atoms with Gasteiger partial charge in [-0.25, -0.2) is 9.97 Å². The van der Waals surface area contributed by atoms with Gasteiger partial charge in [-0.1, -0.05) is 11.6 Å². The maximum absolute atomic E-state index is 11.8. The van der Waals surface area contributed by atoms with E-state index in [4.69, 9.17) is 11.6 Å². The lowest BCUT2D eigenvalue weighted by Gasteiger charge is -2.01. The predicted octanol–water partition coefficient (Wildman–Crippen LogP) is 2.28. The maximum Gasteiger partial charge on any atom is 0.164 e. The number of aromatic nitrogens is 3. The molecule has 2 aromatic heterocycles. The van der Waals surface area contributed by atoms with Crippen LogP contribution in [0, 0.1) is 0 Å². The summed E-state index contributed by atoms with van der Waals surface area (Å²) in [5.41, 5.74) is 0.587. The second-order valence-corrected chi connectivity index (χ2v) is 4.13. The van der Waals surface area contributed by atoms with Crippen molar-refractivity contribution in [2.45, 2.75) is 12.8 Å². The zero-order chi connectivity index (χ0) is 12.3. The summed E-state index contributed by atoms with van der Waals surface area (Å²) in [7, 11) is 1.91. The molecule has 0 fully saturated rings. The van der Waals surface area contributed by atoms with Gasteiger partial charge >= 0.3 is 0 Å². The molecule has 0 aromatic carbocycles. The fourth-order valence-corrected chi connectivity index (χ4v) is 1.66. The number of hydrogen-bond acceptors (Lipinski definition) is 3. The summed E-state index contributed by atoms with van der Waals surface area (Å²) < 4.78 is 1.91. The second-order valence-electron chi connectivity index (χ2n) is 3.75. The fourth-order valence-electron chi connectivity index (χ4n) is 1.55. The molecule has 0 aliphatic carbocycles. The van der Waals surface area contributed by atoms with Crippen LogP contribution in [0.2, 0.25) is 5.15 Å². The number of carbonyl (C=O) groups excluding carboxylic acids is 1.